The SMILES string of the molecule is C.CC(C)N1CCCC(C)(C)C1.CC(C)N1CCC[C@@H](C)C1.CC(C)N1CCC[C@H](C)C1. The minimum atomic E-state index is 0. The highest BCUT2D eigenvalue weighted by atomic mass is 15.2. The minimum absolute atomic E-state index is 0. The van der Waals surface area contributed by atoms with Gasteiger partial charge in [0, 0.05) is 37.8 Å². The van der Waals surface area contributed by atoms with Crippen molar-refractivity contribution in [3.63, 3.8) is 0 Å². The molecule has 0 aromatic rings. The van der Waals surface area contributed by atoms with Crippen LogP contribution in [0.1, 0.15) is 115 Å². The van der Waals surface area contributed by atoms with Crippen molar-refractivity contribution < 1.29 is 0 Å². The maximum atomic E-state index is 2.59. The third-order valence-corrected chi connectivity index (χ3v) is 7.50. The van der Waals surface area contributed by atoms with Gasteiger partial charge in [0.1, 0.15) is 0 Å². The van der Waals surface area contributed by atoms with Gasteiger partial charge < -0.3 is 14.7 Å². The lowest BCUT2D eigenvalue weighted by molar-refractivity contribution is 0.0913. The Hall–Kier alpha value is -0.120. The lowest BCUT2D eigenvalue weighted by atomic mass is 9.84. The van der Waals surface area contributed by atoms with Gasteiger partial charge in [0.2, 0.25) is 0 Å². The summed E-state index contributed by atoms with van der Waals surface area (Å²) in [5.41, 5.74) is 0.558. The van der Waals surface area contributed by atoms with Gasteiger partial charge in [-0.05, 0) is 117 Å². The van der Waals surface area contributed by atoms with Crippen LogP contribution in [-0.4, -0.2) is 72.1 Å². The predicted molar refractivity (Wildman–Crippen MR) is 147 cm³/mol. The maximum absolute atomic E-state index is 2.59. The second-order valence-electron chi connectivity index (χ2n) is 12.5. The Kier molecular flexibility index (Phi) is 15.7. The fourth-order valence-electron chi connectivity index (χ4n) is 5.30. The normalized spacial score (nSPS) is 27.3. The Morgan fingerprint density at radius 2 is 1.00 bits per heavy atom. The molecule has 0 aromatic carbocycles. The van der Waals surface area contributed by atoms with E-state index in [4.69, 9.17) is 0 Å². The van der Waals surface area contributed by atoms with Gasteiger partial charge in [-0.1, -0.05) is 35.1 Å². The number of likely N-dealkylation sites (tertiary alicyclic amines) is 3. The first-order valence-corrected chi connectivity index (χ1v) is 13.6. The topological polar surface area (TPSA) is 9.72 Å². The van der Waals surface area contributed by atoms with Crippen molar-refractivity contribution in [3.8, 4) is 0 Å². The molecule has 0 unspecified atom stereocenters. The summed E-state index contributed by atoms with van der Waals surface area (Å²) < 4.78 is 0. The van der Waals surface area contributed by atoms with Crippen molar-refractivity contribution in [1.82, 2.24) is 14.7 Å². The van der Waals surface area contributed by atoms with Crippen LogP contribution in [0.15, 0.2) is 0 Å². The van der Waals surface area contributed by atoms with Gasteiger partial charge in [-0.15, -0.1) is 0 Å². The van der Waals surface area contributed by atoms with E-state index < -0.39 is 0 Å². The summed E-state index contributed by atoms with van der Waals surface area (Å²) in [5, 5.41) is 0. The predicted octanol–water partition coefficient (Wildman–Crippen LogP) is 7.41. The van der Waals surface area contributed by atoms with Gasteiger partial charge in [-0.25, -0.2) is 0 Å². The van der Waals surface area contributed by atoms with Crippen molar-refractivity contribution in [2.24, 2.45) is 17.3 Å². The van der Waals surface area contributed by atoms with Crippen LogP contribution < -0.4 is 0 Å². The Labute approximate surface area is 204 Å². The van der Waals surface area contributed by atoms with Crippen LogP contribution in [0.3, 0.4) is 0 Å². The molecule has 32 heavy (non-hydrogen) atoms. The maximum Gasteiger partial charge on any atom is 0.00388 e. The summed E-state index contributed by atoms with van der Waals surface area (Å²) in [6.07, 6.45) is 8.45. The van der Waals surface area contributed by atoms with Crippen LogP contribution >= 0.6 is 0 Å². The molecule has 0 spiro atoms. The monoisotopic (exact) mass is 454 g/mol. The van der Waals surface area contributed by atoms with E-state index in [0.29, 0.717) is 5.41 Å². The molecule has 3 saturated heterocycles. The third kappa shape index (κ3) is 12.9. The quantitative estimate of drug-likeness (QED) is 0.440. The Balaban J connectivity index is 0.000000444. The van der Waals surface area contributed by atoms with Crippen molar-refractivity contribution in [2.75, 3.05) is 39.3 Å². The van der Waals surface area contributed by atoms with Gasteiger partial charge in [-0.3, -0.25) is 0 Å². The zero-order valence-electron chi connectivity index (χ0n) is 23.2. The molecule has 3 rings (SSSR count). The average Bonchev–Trinajstić information content (AvgIpc) is 2.68. The third-order valence-electron chi connectivity index (χ3n) is 7.50. The summed E-state index contributed by atoms with van der Waals surface area (Å²) in [4.78, 5) is 7.74. The molecule has 3 aliphatic rings. The molecule has 3 fully saturated rings. The van der Waals surface area contributed by atoms with Gasteiger partial charge in [-0.2, -0.15) is 0 Å². The number of hydrogen-bond acceptors (Lipinski definition) is 3. The highest BCUT2D eigenvalue weighted by molar-refractivity contribution is 4.81. The standard InChI is InChI=1S/C10H21N.2C9H19N.CH4/c1-9(2)11-7-5-6-10(3,4)8-11;2*1-8(2)10-6-4-5-9(3)7-10;/h9H,5-8H2,1-4H3;2*8-9H,4-7H2,1-3H3;1H4/t;2*9-;/m.10./s1. The van der Waals surface area contributed by atoms with E-state index in [0.717, 1.165) is 30.0 Å². The Morgan fingerprint density at radius 3 is 1.25 bits per heavy atom. The van der Waals surface area contributed by atoms with E-state index in [2.05, 4.69) is 83.9 Å². The first-order valence-electron chi connectivity index (χ1n) is 13.6. The summed E-state index contributed by atoms with van der Waals surface area (Å²) in [7, 11) is 0. The highest BCUT2D eigenvalue weighted by Crippen LogP contribution is 2.29. The van der Waals surface area contributed by atoms with Crippen molar-refractivity contribution in [1.29, 1.82) is 0 Å². The van der Waals surface area contributed by atoms with Crippen molar-refractivity contribution in [2.45, 2.75) is 133 Å². The molecular formula is C29H63N3. The fourth-order valence-corrected chi connectivity index (χ4v) is 5.30. The van der Waals surface area contributed by atoms with Crippen LogP contribution in [0, 0.1) is 17.3 Å². The molecule has 3 heteroatoms. The molecule has 0 bridgehead atoms. The molecule has 0 amide bonds. The van der Waals surface area contributed by atoms with Crippen LogP contribution in [-0.2, 0) is 0 Å². The Bertz CT molecular complexity index is 431. The zero-order chi connectivity index (χ0) is 23.6. The minimum Gasteiger partial charge on any atom is -0.301 e. The van der Waals surface area contributed by atoms with E-state index in [1.165, 1.54) is 77.8 Å². The van der Waals surface area contributed by atoms with E-state index in [1.54, 1.807) is 0 Å². The molecule has 3 aliphatic heterocycles. The fraction of sp³-hybridized carbons (Fsp3) is 1.00. The van der Waals surface area contributed by atoms with Gasteiger partial charge in [0.15, 0.2) is 0 Å². The number of hydrogen-bond donors (Lipinski definition) is 0. The second kappa shape index (κ2) is 15.7. The van der Waals surface area contributed by atoms with Crippen LogP contribution in [0.2, 0.25) is 0 Å². The molecule has 0 saturated carbocycles. The largest absolute Gasteiger partial charge is 0.301 e. The molecule has 3 heterocycles. The van der Waals surface area contributed by atoms with E-state index in [-0.39, 0.29) is 7.43 Å². The summed E-state index contributed by atoms with van der Waals surface area (Å²) in [6.45, 7) is 31.1. The number of piperidine rings is 3. The summed E-state index contributed by atoms with van der Waals surface area (Å²) in [6, 6.07) is 2.24. The first kappa shape index (κ1) is 31.9. The van der Waals surface area contributed by atoms with E-state index >= 15 is 0 Å². The lowest BCUT2D eigenvalue weighted by Crippen LogP contribution is -2.43. The summed E-state index contributed by atoms with van der Waals surface area (Å²) in [5.74, 6) is 1.85. The second-order valence-corrected chi connectivity index (χ2v) is 12.5. The molecule has 194 valence electrons. The molecule has 3 nitrogen and oxygen atoms in total. The zero-order valence-corrected chi connectivity index (χ0v) is 23.2. The van der Waals surface area contributed by atoms with Gasteiger partial charge in [0.25, 0.3) is 0 Å². The van der Waals surface area contributed by atoms with E-state index in [1.807, 2.05) is 0 Å². The van der Waals surface area contributed by atoms with Crippen molar-refractivity contribution >= 4 is 0 Å². The molecule has 0 radical (unpaired) electrons. The van der Waals surface area contributed by atoms with Gasteiger partial charge in [0.05, 0.1) is 0 Å². The average molecular weight is 454 g/mol. The smallest absolute Gasteiger partial charge is 0.00388 e. The summed E-state index contributed by atoms with van der Waals surface area (Å²) >= 11 is 0. The van der Waals surface area contributed by atoms with Crippen molar-refractivity contribution in [3.05, 3.63) is 0 Å². The molecular weight excluding hydrogens is 390 g/mol. The van der Waals surface area contributed by atoms with Crippen LogP contribution in [0.5, 0.6) is 0 Å². The molecule has 0 aromatic heterocycles. The first-order chi connectivity index (χ1) is 14.4. The van der Waals surface area contributed by atoms with Crippen LogP contribution in [0.25, 0.3) is 0 Å². The number of rotatable bonds is 3. The highest BCUT2D eigenvalue weighted by Gasteiger charge is 2.27. The number of nitrogens with zero attached hydrogens (tertiary/aromatic N) is 3. The lowest BCUT2D eigenvalue weighted by Gasteiger charge is -2.40. The van der Waals surface area contributed by atoms with Gasteiger partial charge >= 0.3 is 0 Å². The molecule has 2 atom stereocenters. The van der Waals surface area contributed by atoms with Crippen LogP contribution in [0.4, 0.5) is 0 Å². The molecule has 0 N–H and O–H groups in total. The van der Waals surface area contributed by atoms with E-state index in [9.17, 15) is 0 Å². The Morgan fingerprint density at radius 1 is 0.625 bits per heavy atom. The molecule has 0 aliphatic carbocycles.